The highest BCUT2D eigenvalue weighted by atomic mass is 79.9. The maximum absolute atomic E-state index is 11.4. The minimum absolute atomic E-state index is 0.333. The zero-order chi connectivity index (χ0) is 10.8. The third-order valence-electron chi connectivity index (χ3n) is 1.96. The molecule has 0 fully saturated rings. The molecule has 1 rings (SSSR count). The molecule has 0 aliphatic rings. The number of hydrogen-bond acceptors (Lipinski definition) is 2. The van der Waals surface area contributed by atoms with Crippen LogP contribution < -0.4 is 0 Å². The second-order valence-electron chi connectivity index (χ2n) is 3.00. The van der Waals surface area contributed by atoms with Gasteiger partial charge in [0.15, 0.2) is 0 Å². The van der Waals surface area contributed by atoms with Crippen molar-refractivity contribution in [1.82, 2.24) is 0 Å². The monoisotopic (exact) mass is 276 g/mol. The summed E-state index contributed by atoms with van der Waals surface area (Å²) in [6.45, 7) is 1.74. The highest BCUT2D eigenvalue weighted by Gasteiger charge is 2.32. The predicted octanol–water partition coefficient (Wildman–Crippen LogP) is 3.12. The molecular weight excluding hydrogens is 267 g/mol. The lowest BCUT2D eigenvalue weighted by molar-refractivity contribution is -0.143. The number of methoxy groups -OCH3 is 1. The minimum atomic E-state index is -0.813. The van der Waals surface area contributed by atoms with E-state index in [1.807, 2.05) is 0 Å². The first kappa shape index (κ1) is 11.5. The van der Waals surface area contributed by atoms with Gasteiger partial charge in [-0.2, -0.15) is 0 Å². The molecule has 2 nitrogen and oxygen atoms in total. The van der Waals surface area contributed by atoms with E-state index in [4.69, 9.17) is 11.6 Å². The summed E-state index contributed by atoms with van der Waals surface area (Å²) in [5.74, 6) is -0.333. The van der Waals surface area contributed by atoms with Crippen LogP contribution in [-0.4, -0.2) is 13.1 Å². The maximum Gasteiger partial charge on any atom is 0.326 e. The first-order valence-electron chi connectivity index (χ1n) is 4.02. The van der Waals surface area contributed by atoms with Crippen molar-refractivity contribution in [3.05, 3.63) is 34.9 Å². The molecule has 0 aromatic heterocycles. The number of esters is 1. The van der Waals surface area contributed by atoms with Gasteiger partial charge in [0, 0.05) is 5.02 Å². The molecule has 0 saturated heterocycles. The van der Waals surface area contributed by atoms with Gasteiger partial charge in [0.1, 0.15) is 4.32 Å². The molecule has 0 aliphatic heterocycles. The lowest BCUT2D eigenvalue weighted by atomic mass is 10.0. The van der Waals surface area contributed by atoms with Crippen LogP contribution in [0.2, 0.25) is 5.02 Å². The maximum atomic E-state index is 11.4. The molecule has 0 aliphatic carbocycles. The molecule has 0 radical (unpaired) electrons. The van der Waals surface area contributed by atoms with Crippen LogP contribution in [0.5, 0.6) is 0 Å². The van der Waals surface area contributed by atoms with E-state index in [0.717, 1.165) is 5.56 Å². The Balaban J connectivity index is 3.03. The lowest BCUT2D eigenvalue weighted by Crippen LogP contribution is -2.26. The Morgan fingerprint density at radius 1 is 1.43 bits per heavy atom. The van der Waals surface area contributed by atoms with Crippen molar-refractivity contribution in [1.29, 1.82) is 0 Å². The van der Waals surface area contributed by atoms with E-state index in [1.54, 1.807) is 31.2 Å². The van der Waals surface area contributed by atoms with Crippen molar-refractivity contribution >= 4 is 33.5 Å². The third kappa shape index (κ3) is 2.28. The van der Waals surface area contributed by atoms with Gasteiger partial charge in [0.2, 0.25) is 0 Å². The molecule has 14 heavy (non-hydrogen) atoms. The summed E-state index contributed by atoms with van der Waals surface area (Å²) in [6.07, 6.45) is 0. The van der Waals surface area contributed by atoms with Gasteiger partial charge in [-0.05, 0) is 24.6 Å². The molecule has 76 valence electrons. The summed E-state index contributed by atoms with van der Waals surface area (Å²) >= 11 is 9.07. The summed E-state index contributed by atoms with van der Waals surface area (Å²) in [7, 11) is 1.36. The molecule has 4 heteroatoms. The van der Waals surface area contributed by atoms with Gasteiger partial charge < -0.3 is 4.74 Å². The molecule has 0 saturated carbocycles. The molecule has 0 bridgehead atoms. The Hall–Kier alpha value is -0.540. The second-order valence-corrected chi connectivity index (χ2v) is 5.02. The SMILES string of the molecule is COC(=O)[C@](C)(Br)c1ccc(Cl)cc1. The van der Waals surface area contributed by atoms with E-state index < -0.39 is 4.32 Å². The quantitative estimate of drug-likeness (QED) is 0.613. The fraction of sp³-hybridized carbons (Fsp3) is 0.300. The van der Waals surface area contributed by atoms with Gasteiger partial charge >= 0.3 is 5.97 Å². The molecule has 1 aromatic carbocycles. The molecule has 0 heterocycles. The Kier molecular flexibility index (Phi) is 3.56. The first-order valence-corrected chi connectivity index (χ1v) is 5.19. The van der Waals surface area contributed by atoms with Gasteiger partial charge in [0.05, 0.1) is 7.11 Å². The van der Waals surface area contributed by atoms with E-state index >= 15 is 0 Å². The molecular formula is C10H10BrClO2. The number of rotatable bonds is 2. The molecule has 0 spiro atoms. The van der Waals surface area contributed by atoms with Crippen LogP contribution in [0.3, 0.4) is 0 Å². The van der Waals surface area contributed by atoms with E-state index in [2.05, 4.69) is 20.7 Å². The van der Waals surface area contributed by atoms with E-state index in [-0.39, 0.29) is 5.97 Å². The predicted molar refractivity (Wildman–Crippen MR) is 59.7 cm³/mol. The van der Waals surface area contributed by atoms with E-state index in [0.29, 0.717) is 5.02 Å². The van der Waals surface area contributed by atoms with E-state index in [9.17, 15) is 4.79 Å². The van der Waals surface area contributed by atoms with Crippen LogP contribution in [0.4, 0.5) is 0 Å². The van der Waals surface area contributed by atoms with Crippen molar-refractivity contribution in [3.8, 4) is 0 Å². The van der Waals surface area contributed by atoms with Gasteiger partial charge in [-0.3, -0.25) is 4.79 Å². The number of alkyl halides is 1. The van der Waals surface area contributed by atoms with Crippen molar-refractivity contribution in [2.45, 2.75) is 11.2 Å². The third-order valence-corrected chi connectivity index (χ3v) is 2.99. The molecule has 1 aromatic rings. The number of hydrogen-bond donors (Lipinski definition) is 0. The molecule has 0 amide bonds. The van der Waals surface area contributed by atoms with Crippen molar-refractivity contribution in [3.63, 3.8) is 0 Å². The smallest absolute Gasteiger partial charge is 0.326 e. The van der Waals surface area contributed by atoms with Gasteiger partial charge in [0.25, 0.3) is 0 Å². The average molecular weight is 278 g/mol. The molecule has 0 N–H and O–H groups in total. The number of benzene rings is 1. The Bertz CT molecular complexity index is 332. The minimum Gasteiger partial charge on any atom is -0.468 e. The molecule has 0 unspecified atom stereocenters. The van der Waals surface area contributed by atoms with Crippen molar-refractivity contribution in [2.24, 2.45) is 0 Å². The lowest BCUT2D eigenvalue weighted by Gasteiger charge is -2.19. The van der Waals surface area contributed by atoms with Gasteiger partial charge in [-0.25, -0.2) is 0 Å². The van der Waals surface area contributed by atoms with Crippen LogP contribution in [0.15, 0.2) is 24.3 Å². The summed E-state index contributed by atoms with van der Waals surface area (Å²) in [4.78, 5) is 11.4. The Morgan fingerprint density at radius 2 is 1.93 bits per heavy atom. The van der Waals surface area contributed by atoms with Crippen LogP contribution >= 0.6 is 27.5 Å². The number of carbonyl (C=O) groups excluding carboxylic acids is 1. The number of ether oxygens (including phenoxy) is 1. The summed E-state index contributed by atoms with van der Waals surface area (Å²) in [5.41, 5.74) is 0.814. The summed E-state index contributed by atoms with van der Waals surface area (Å²) in [5, 5.41) is 0.641. The fourth-order valence-electron chi connectivity index (χ4n) is 1.07. The fourth-order valence-corrected chi connectivity index (χ4v) is 1.62. The number of carbonyl (C=O) groups is 1. The summed E-state index contributed by atoms with van der Waals surface area (Å²) in [6, 6.07) is 7.04. The highest BCUT2D eigenvalue weighted by molar-refractivity contribution is 9.10. The normalized spacial score (nSPS) is 14.6. The largest absolute Gasteiger partial charge is 0.468 e. The van der Waals surface area contributed by atoms with E-state index in [1.165, 1.54) is 7.11 Å². The van der Waals surface area contributed by atoms with Crippen LogP contribution in [0.1, 0.15) is 12.5 Å². The second kappa shape index (κ2) is 4.32. The van der Waals surface area contributed by atoms with Gasteiger partial charge in [-0.1, -0.05) is 39.7 Å². The average Bonchev–Trinajstić information content (AvgIpc) is 2.17. The van der Waals surface area contributed by atoms with Crippen LogP contribution in [0.25, 0.3) is 0 Å². The topological polar surface area (TPSA) is 26.3 Å². The summed E-state index contributed by atoms with van der Waals surface area (Å²) < 4.78 is 3.87. The standard InChI is InChI=1S/C10H10BrClO2/c1-10(11,9(13)14-2)7-3-5-8(12)6-4-7/h3-6H,1-2H3/t10-/m1/s1. The van der Waals surface area contributed by atoms with Gasteiger partial charge in [-0.15, -0.1) is 0 Å². The first-order chi connectivity index (χ1) is 6.48. The highest BCUT2D eigenvalue weighted by Crippen LogP contribution is 2.32. The van der Waals surface area contributed by atoms with Crippen molar-refractivity contribution in [2.75, 3.05) is 7.11 Å². The number of halogens is 2. The Labute approximate surface area is 96.3 Å². The molecule has 1 atom stereocenters. The Morgan fingerprint density at radius 3 is 2.36 bits per heavy atom. The van der Waals surface area contributed by atoms with Crippen LogP contribution in [0, 0.1) is 0 Å². The van der Waals surface area contributed by atoms with Crippen LogP contribution in [-0.2, 0) is 13.9 Å². The zero-order valence-corrected chi connectivity index (χ0v) is 10.2. The zero-order valence-electron chi connectivity index (χ0n) is 7.88. The van der Waals surface area contributed by atoms with Crippen molar-refractivity contribution < 1.29 is 9.53 Å².